The van der Waals surface area contributed by atoms with Gasteiger partial charge in [0.1, 0.15) is 5.75 Å². The summed E-state index contributed by atoms with van der Waals surface area (Å²) in [6.45, 7) is 2.78. The molecule has 0 aliphatic heterocycles. The summed E-state index contributed by atoms with van der Waals surface area (Å²) in [6, 6.07) is 4.09. The SMILES string of the molecule is CCCCCCCCCCCCCCCCCCOc1ccc(C(=O)O)c(C(=O)O)c1. The van der Waals surface area contributed by atoms with E-state index in [1.807, 2.05) is 0 Å². The lowest BCUT2D eigenvalue weighted by Crippen LogP contribution is -2.08. The average Bonchev–Trinajstić information content (AvgIpc) is 2.75. The predicted molar refractivity (Wildman–Crippen MR) is 125 cm³/mol. The van der Waals surface area contributed by atoms with Crippen LogP contribution >= 0.6 is 0 Å². The van der Waals surface area contributed by atoms with E-state index in [4.69, 9.17) is 14.9 Å². The molecule has 176 valence electrons. The molecule has 0 aromatic heterocycles. The minimum Gasteiger partial charge on any atom is -0.494 e. The van der Waals surface area contributed by atoms with Crippen LogP contribution in [0, 0.1) is 0 Å². The van der Waals surface area contributed by atoms with Crippen LogP contribution in [0.4, 0.5) is 0 Å². The third kappa shape index (κ3) is 13.1. The molecule has 0 saturated carbocycles. The molecule has 0 spiro atoms. The topological polar surface area (TPSA) is 83.8 Å². The van der Waals surface area contributed by atoms with Gasteiger partial charge in [0.05, 0.1) is 17.7 Å². The molecule has 1 rings (SSSR count). The zero-order chi connectivity index (χ0) is 22.7. The first-order valence-corrected chi connectivity index (χ1v) is 12.3. The van der Waals surface area contributed by atoms with E-state index in [0.717, 1.165) is 12.8 Å². The van der Waals surface area contributed by atoms with Crippen LogP contribution < -0.4 is 4.74 Å². The summed E-state index contributed by atoms with van der Waals surface area (Å²) in [5.41, 5.74) is -0.459. The van der Waals surface area contributed by atoms with Crippen molar-refractivity contribution in [2.24, 2.45) is 0 Å². The lowest BCUT2D eigenvalue weighted by atomic mass is 10.0. The van der Waals surface area contributed by atoms with Gasteiger partial charge in [-0.1, -0.05) is 103 Å². The maximum Gasteiger partial charge on any atom is 0.336 e. The van der Waals surface area contributed by atoms with Crippen molar-refractivity contribution in [2.45, 2.75) is 110 Å². The summed E-state index contributed by atoms with van der Waals surface area (Å²) in [5.74, 6) is -2.10. The minimum absolute atomic E-state index is 0.220. The first-order valence-electron chi connectivity index (χ1n) is 12.3. The Bertz CT molecular complexity index is 626. The van der Waals surface area contributed by atoms with Crippen LogP contribution in [0.1, 0.15) is 130 Å². The summed E-state index contributed by atoms with van der Waals surface area (Å²) < 4.78 is 5.59. The number of benzene rings is 1. The Morgan fingerprint density at radius 2 is 1.06 bits per heavy atom. The van der Waals surface area contributed by atoms with Gasteiger partial charge in [0.25, 0.3) is 0 Å². The van der Waals surface area contributed by atoms with Gasteiger partial charge in [-0.05, 0) is 24.6 Å². The van der Waals surface area contributed by atoms with Gasteiger partial charge >= 0.3 is 11.9 Å². The largest absolute Gasteiger partial charge is 0.494 e. The summed E-state index contributed by atoms with van der Waals surface area (Å²) in [5, 5.41) is 18.2. The van der Waals surface area contributed by atoms with Crippen LogP contribution in [-0.2, 0) is 0 Å². The highest BCUT2D eigenvalue weighted by molar-refractivity contribution is 6.01. The third-order valence-electron chi connectivity index (χ3n) is 5.72. The molecule has 5 heteroatoms. The number of carboxylic acids is 2. The number of hydrogen-bond acceptors (Lipinski definition) is 3. The number of hydrogen-bond donors (Lipinski definition) is 2. The maximum atomic E-state index is 11.2. The van der Waals surface area contributed by atoms with E-state index in [-0.39, 0.29) is 11.1 Å². The van der Waals surface area contributed by atoms with Crippen LogP contribution in [0.5, 0.6) is 5.75 Å². The standard InChI is InChI=1S/C26H42O5/c1-2-3-4-5-6-7-8-9-10-11-12-13-14-15-16-17-20-31-22-18-19-23(25(27)28)24(21-22)26(29)30/h18-19,21H,2-17,20H2,1H3,(H,27,28)(H,29,30). The summed E-state index contributed by atoms with van der Waals surface area (Å²) in [6.07, 6.45) is 21.0. The van der Waals surface area contributed by atoms with Crippen molar-refractivity contribution in [2.75, 3.05) is 6.61 Å². The highest BCUT2D eigenvalue weighted by atomic mass is 16.5. The lowest BCUT2D eigenvalue weighted by Gasteiger charge is -2.08. The van der Waals surface area contributed by atoms with E-state index < -0.39 is 11.9 Å². The van der Waals surface area contributed by atoms with Crippen molar-refractivity contribution < 1.29 is 24.5 Å². The number of rotatable bonds is 20. The molecule has 0 amide bonds. The minimum atomic E-state index is -1.26. The van der Waals surface area contributed by atoms with Gasteiger partial charge in [-0.15, -0.1) is 0 Å². The third-order valence-corrected chi connectivity index (χ3v) is 5.72. The molecule has 1 aromatic rings. The van der Waals surface area contributed by atoms with Crippen molar-refractivity contribution >= 4 is 11.9 Å². The van der Waals surface area contributed by atoms with Gasteiger partial charge in [0, 0.05) is 0 Å². The summed E-state index contributed by atoms with van der Waals surface area (Å²) >= 11 is 0. The van der Waals surface area contributed by atoms with Crippen molar-refractivity contribution in [1.82, 2.24) is 0 Å². The van der Waals surface area contributed by atoms with Gasteiger partial charge in [0.2, 0.25) is 0 Å². The Morgan fingerprint density at radius 1 is 0.645 bits per heavy atom. The number of carbonyl (C=O) groups is 2. The molecular formula is C26H42O5. The van der Waals surface area contributed by atoms with Crippen LogP contribution in [0.2, 0.25) is 0 Å². The molecule has 0 fully saturated rings. The molecule has 0 saturated heterocycles. The molecule has 0 aliphatic carbocycles. The Labute approximate surface area is 188 Å². The molecule has 31 heavy (non-hydrogen) atoms. The highest BCUT2D eigenvalue weighted by Gasteiger charge is 2.16. The second-order valence-corrected chi connectivity index (χ2v) is 8.47. The number of ether oxygens (including phenoxy) is 1. The number of unbranched alkanes of at least 4 members (excludes halogenated alkanes) is 15. The van der Waals surface area contributed by atoms with E-state index in [1.54, 1.807) is 0 Å². The molecule has 5 nitrogen and oxygen atoms in total. The van der Waals surface area contributed by atoms with Crippen molar-refractivity contribution in [3.63, 3.8) is 0 Å². The van der Waals surface area contributed by atoms with Crippen molar-refractivity contribution in [1.29, 1.82) is 0 Å². The second kappa shape index (κ2) is 17.6. The van der Waals surface area contributed by atoms with Crippen LogP contribution in [-0.4, -0.2) is 28.8 Å². The zero-order valence-electron chi connectivity index (χ0n) is 19.4. The Morgan fingerprint density at radius 3 is 1.48 bits per heavy atom. The van der Waals surface area contributed by atoms with E-state index in [1.165, 1.54) is 108 Å². The van der Waals surface area contributed by atoms with Crippen LogP contribution in [0.15, 0.2) is 18.2 Å². The molecule has 0 unspecified atom stereocenters. The quantitative estimate of drug-likeness (QED) is 0.205. The number of aromatic carboxylic acids is 2. The van der Waals surface area contributed by atoms with Gasteiger partial charge in [-0.2, -0.15) is 0 Å². The molecular weight excluding hydrogens is 392 g/mol. The predicted octanol–water partition coefficient (Wildman–Crippen LogP) is 7.72. The molecule has 0 aliphatic rings. The van der Waals surface area contributed by atoms with Crippen molar-refractivity contribution in [3.8, 4) is 5.75 Å². The maximum absolute atomic E-state index is 11.2. The van der Waals surface area contributed by atoms with Gasteiger partial charge < -0.3 is 14.9 Å². The first-order chi connectivity index (χ1) is 15.1. The fourth-order valence-corrected chi connectivity index (χ4v) is 3.82. The lowest BCUT2D eigenvalue weighted by molar-refractivity contribution is 0.0651. The van der Waals surface area contributed by atoms with Crippen molar-refractivity contribution in [3.05, 3.63) is 29.3 Å². The van der Waals surface area contributed by atoms with Gasteiger partial charge in [0.15, 0.2) is 0 Å². The van der Waals surface area contributed by atoms with E-state index in [2.05, 4.69) is 6.92 Å². The summed E-state index contributed by atoms with van der Waals surface area (Å²) in [4.78, 5) is 22.3. The zero-order valence-corrected chi connectivity index (χ0v) is 19.4. The monoisotopic (exact) mass is 434 g/mol. The smallest absolute Gasteiger partial charge is 0.336 e. The van der Waals surface area contributed by atoms with E-state index in [0.29, 0.717) is 12.4 Å². The molecule has 2 N–H and O–H groups in total. The van der Waals surface area contributed by atoms with Crippen LogP contribution in [0.3, 0.4) is 0 Å². The van der Waals surface area contributed by atoms with Gasteiger partial charge in [-0.25, -0.2) is 9.59 Å². The molecule has 0 radical (unpaired) electrons. The fraction of sp³-hybridized carbons (Fsp3) is 0.692. The Kier molecular flexibility index (Phi) is 15.3. The molecule has 0 atom stereocenters. The molecule has 0 heterocycles. The van der Waals surface area contributed by atoms with Gasteiger partial charge in [-0.3, -0.25) is 0 Å². The fourth-order valence-electron chi connectivity index (χ4n) is 3.82. The first kappa shape index (κ1) is 27.0. The Hall–Kier alpha value is -2.04. The second-order valence-electron chi connectivity index (χ2n) is 8.47. The summed E-state index contributed by atoms with van der Waals surface area (Å²) in [7, 11) is 0. The average molecular weight is 435 g/mol. The highest BCUT2D eigenvalue weighted by Crippen LogP contribution is 2.19. The number of carboxylic acid groups (broad SMARTS) is 2. The Balaban J connectivity index is 1.95. The van der Waals surface area contributed by atoms with E-state index in [9.17, 15) is 9.59 Å². The normalized spacial score (nSPS) is 10.9. The molecule has 1 aromatic carbocycles. The van der Waals surface area contributed by atoms with Crippen LogP contribution in [0.25, 0.3) is 0 Å². The molecule has 0 bridgehead atoms. The van der Waals surface area contributed by atoms with E-state index >= 15 is 0 Å².